The quantitative estimate of drug-likeness (QED) is 0.513. The molecule has 0 unspecified atom stereocenters. The summed E-state index contributed by atoms with van der Waals surface area (Å²) < 4.78 is 10.7. The van der Waals surface area contributed by atoms with E-state index in [0.717, 1.165) is 16.7 Å². The van der Waals surface area contributed by atoms with Crippen molar-refractivity contribution >= 4 is 17.5 Å². The van der Waals surface area contributed by atoms with Gasteiger partial charge >= 0.3 is 0 Å². The lowest BCUT2D eigenvalue weighted by Crippen LogP contribution is -2.15. The number of carbonyl (C=O) groups excluding carboxylic acids is 1. The third-order valence-corrected chi connectivity index (χ3v) is 4.38. The van der Waals surface area contributed by atoms with Crippen LogP contribution >= 0.6 is 11.8 Å². The van der Waals surface area contributed by atoms with E-state index < -0.39 is 0 Å². The number of carbonyl (C=O) groups is 1. The molecule has 0 N–H and O–H groups in total. The molecule has 1 atom stereocenters. The van der Waals surface area contributed by atoms with Gasteiger partial charge in [-0.05, 0) is 44.5 Å². The monoisotopic (exact) mass is 328 g/mol. The minimum absolute atomic E-state index is 0.0500. The van der Waals surface area contributed by atoms with E-state index in [4.69, 9.17) is 8.83 Å². The molecule has 0 saturated heterocycles. The first-order chi connectivity index (χ1) is 11.0. The van der Waals surface area contributed by atoms with Crippen LogP contribution in [0.1, 0.15) is 28.4 Å². The summed E-state index contributed by atoms with van der Waals surface area (Å²) in [4.78, 5) is 12.6. The van der Waals surface area contributed by atoms with Crippen molar-refractivity contribution in [2.75, 3.05) is 0 Å². The third kappa shape index (κ3) is 3.37. The second-order valence-electron chi connectivity index (χ2n) is 5.29. The second-order valence-corrected chi connectivity index (χ2v) is 6.59. The first-order valence-corrected chi connectivity index (χ1v) is 8.08. The summed E-state index contributed by atoms with van der Waals surface area (Å²) in [6.07, 6.45) is 1.54. The van der Waals surface area contributed by atoms with Gasteiger partial charge in [0.05, 0.1) is 11.5 Å². The number of benzene rings is 1. The highest BCUT2D eigenvalue weighted by Crippen LogP contribution is 2.28. The van der Waals surface area contributed by atoms with Gasteiger partial charge in [0.1, 0.15) is 0 Å². The fourth-order valence-electron chi connectivity index (χ4n) is 2.18. The highest BCUT2D eigenvalue weighted by molar-refractivity contribution is 8.00. The maximum absolute atomic E-state index is 12.6. The first-order valence-electron chi connectivity index (χ1n) is 7.20. The molecular weight excluding hydrogens is 312 g/mol. The molecule has 0 saturated carbocycles. The average molecular weight is 328 g/mol. The number of nitrogens with zero attached hydrogens (tertiary/aromatic N) is 2. The highest BCUT2D eigenvalue weighted by Gasteiger charge is 2.21. The number of rotatable bonds is 5. The van der Waals surface area contributed by atoms with Crippen molar-refractivity contribution in [3.05, 3.63) is 53.3 Å². The molecule has 0 bridgehead atoms. The minimum Gasteiger partial charge on any atom is -0.459 e. The summed E-state index contributed by atoms with van der Waals surface area (Å²) in [6, 6.07) is 9.36. The van der Waals surface area contributed by atoms with Gasteiger partial charge in [0, 0.05) is 5.56 Å². The zero-order valence-electron chi connectivity index (χ0n) is 13.1. The van der Waals surface area contributed by atoms with Crippen LogP contribution in [0, 0.1) is 13.8 Å². The van der Waals surface area contributed by atoms with Crippen LogP contribution in [0.15, 0.2) is 50.7 Å². The number of hydrogen-bond acceptors (Lipinski definition) is 6. The van der Waals surface area contributed by atoms with Crippen molar-refractivity contribution in [1.29, 1.82) is 0 Å². The first kappa shape index (κ1) is 15.6. The van der Waals surface area contributed by atoms with Crippen molar-refractivity contribution in [3.63, 3.8) is 0 Å². The second kappa shape index (κ2) is 6.42. The van der Waals surface area contributed by atoms with Gasteiger partial charge in [-0.3, -0.25) is 4.79 Å². The standard InChI is InChI=1S/C17H16N2O3S/c1-10-6-7-11(2)13(9-10)15(20)12(3)23-17-19-18-16(22-17)14-5-4-8-21-14/h4-9,12H,1-3H3/t12-/m1/s1. The van der Waals surface area contributed by atoms with Crippen molar-refractivity contribution in [2.45, 2.75) is 31.2 Å². The van der Waals surface area contributed by atoms with Crippen LogP contribution in [0.2, 0.25) is 0 Å². The molecule has 5 nitrogen and oxygen atoms in total. The number of furan rings is 1. The molecule has 6 heteroatoms. The molecule has 0 aliphatic rings. The predicted octanol–water partition coefficient (Wildman–Crippen LogP) is 4.31. The van der Waals surface area contributed by atoms with E-state index in [9.17, 15) is 4.79 Å². The Balaban J connectivity index is 1.75. The Morgan fingerprint density at radius 3 is 2.78 bits per heavy atom. The summed E-state index contributed by atoms with van der Waals surface area (Å²) >= 11 is 1.25. The maximum atomic E-state index is 12.6. The lowest BCUT2D eigenvalue weighted by atomic mass is 10.0. The Bertz CT molecular complexity index is 824. The summed E-state index contributed by atoms with van der Waals surface area (Å²) in [5.41, 5.74) is 2.76. The van der Waals surface area contributed by atoms with Gasteiger partial charge in [0.25, 0.3) is 11.1 Å². The van der Waals surface area contributed by atoms with Gasteiger partial charge in [-0.25, -0.2) is 0 Å². The third-order valence-electron chi connectivity index (χ3n) is 3.44. The van der Waals surface area contributed by atoms with Gasteiger partial charge in [0.15, 0.2) is 11.5 Å². The number of aryl methyl sites for hydroxylation is 2. The minimum atomic E-state index is -0.319. The molecule has 0 radical (unpaired) electrons. The van der Waals surface area contributed by atoms with E-state index in [1.54, 1.807) is 18.4 Å². The zero-order valence-corrected chi connectivity index (χ0v) is 13.9. The molecule has 0 fully saturated rings. The van der Waals surface area contributed by atoms with Crippen LogP contribution in [-0.2, 0) is 0 Å². The van der Waals surface area contributed by atoms with Crippen LogP contribution < -0.4 is 0 Å². The van der Waals surface area contributed by atoms with Crippen LogP contribution in [-0.4, -0.2) is 21.2 Å². The topological polar surface area (TPSA) is 69.1 Å². The number of Topliss-reactive ketones (excluding diaryl/α,β-unsaturated/α-hetero) is 1. The molecule has 2 aromatic heterocycles. The highest BCUT2D eigenvalue weighted by atomic mass is 32.2. The van der Waals surface area contributed by atoms with Crippen molar-refractivity contribution in [2.24, 2.45) is 0 Å². The maximum Gasteiger partial charge on any atom is 0.284 e. The molecular formula is C17H16N2O3S. The Hall–Kier alpha value is -2.34. The summed E-state index contributed by atoms with van der Waals surface area (Å²) in [7, 11) is 0. The molecule has 0 amide bonds. The molecule has 0 spiro atoms. The number of thioether (sulfide) groups is 1. The fourth-order valence-corrected chi connectivity index (χ4v) is 2.93. The van der Waals surface area contributed by atoms with Crippen LogP contribution in [0.4, 0.5) is 0 Å². The van der Waals surface area contributed by atoms with Gasteiger partial charge in [-0.2, -0.15) is 0 Å². The lowest BCUT2D eigenvalue weighted by Gasteiger charge is -2.10. The number of hydrogen-bond donors (Lipinski definition) is 0. The fraction of sp³-hybridized carbons (Fsp3) is 0.235. The summed E-state index contributed by atoms with van der Waals surface area (Å²) in [5, 5.41) is 7.93. The summed E-state index contributed by atoms with van der Waals surface area (Å²) in [5.74, 6) is 0.871. The van der Waals surface area contributed by atoms with Crippen LogP contribution in [0.3, 0.4) is 0 Å². The Morgan fingerprint density at radius 2 is 2.04 bits per heavy atom. The van der Waals surface area contributed by atoms with E-state index in [1.165, 1.54) is 11.8 Å². The normalized spacial score (nSPS) is 12.3. The van der Waals surface area contributed by atoms with Gasteiger partial charge in [-0.15, -0.1) is 10.2 Å². The Kier molecular flexibility index (Phi) is 4.34. The SMILES string of the molecule is Cc1ccc(C)c(C(=O)[C@@H](C)Sc2nnc(-c3ccco3)o2)c1. The van der Waals surface area contributed by atoms with Crippen molar-refractivity contribution in [1.82, 2.24) is 10.2 Å². The van der Waals surface area contributed by atoms with E-state index in [1.807, 2.05) is 39.0 Å². The molecule has 0 aliphatic heterocycles. The number of aromatic nitrogens is 2. The Labute approximate surface area is 138 Å². The summed E-state index contributed by atoms with van der Waals surface area (Å²) in [6.45, 7) is 5.75. The van der Waals surface area contributed by atoms with Crippen LogP contribution in [0.25, 0.3) is 11.7 Å². The van der Waals surface area contributed by atoms with Crippen molar-refractivity contribution in [3.8, 4) is 11.7 Å². The van der Waals surface area contributed by atoms with Gasteiger partial charge in [-0.1, -0.05) is 29.5 Å². The predicted molar refractivity (Wildman–Crippen MR) is 87.6 cm³/mol. The molecule has 2 heterocycles. The molecule has 3 aromatic rings. The van der Waals surface area contributed by atoms with E-state index >= 15 is 0 Å². The van der Waals surface area contributed by atoms with E-state index in [-0.39, 0.29) is 11.0 Å². The zero-order chi connectivity index (χ0) is 16.4. The van der Waals surface area contributed by atoms with Crippen molar-refractivity contribution < 1.29 is 13.6 Å². The molecule has 23 heavy (non-hydrogen) atoms. The lowest BCUT2D eigenvalue weighted by molar-refractivity contribution is 0.0993. The van der Waals surface area contributed by atoms with Crippen LogP contribution in [0.5, 0.6) is 0 Å². The Morgan fingerprint density at radius 1 is 1.22 bits per heavy atom. The van der Waals surface area contributed by atoms with Gasteiger partial charge in [0.2, 0.25) is 0 Å². The number of ketones is 1. The van der Waals surface area contributed by atoms with Gasteiger partial charge < -0.3 is 8.83 Å². The average Bonchev–Trinajstić information content (AvgIpc) is 3.19. The van der Waals surface area contributed by atoms with E-state index in [2.05, 4.69) is 10.2 Å². The molecule has 3 rings (SSSR count). The molecule has 1 aromatic carbocycles. The smallest absolute Gasteiger partial charge is 0.284 e. The largest absolute Gasteiger partial charge is 0.459 e. The molecule has 118 valence electrons. The van der Waals surface area contributed by atoms with E-state index in [0.29, 0.717) is 16.9 Å². The molecule has 0 aliphatic carbocycles.